The third-order valence-electron chi connectivity index (χ3n) is 2.56. The minimum Gasteiger partial charge on any atom is -0.497 e. The Morgan fingerprint density at radius 1 is 1.35 bits per heavy atom. The minimum absolute atomic E-state index is 0.0683. The molecule has 0 bridgehead atoms. The predicted octanol–water partition coefficient (Wildman–Crippen LogP) is 2.54. The third kappa shape index (κ3) is 3.71. The molecule has 1 unspecified atom stereocenters. The third-order valence-corrected chi connectivity index (χ3v) is 2.56. The average molecular weight is 287 g/mol. The van der Waals surface area contributed by atoms with E-state index in [-0.39, 0.29) is 17.9 Å². The molecule has 1 atom stereocenters. The lowest BCUT2D eigenvalue weighted by Gasteiger charge is -2.14. The molecule has 20 heavy (non-hydrogen) atoms. The number of Topliss-reactive ketones (excluding diaryl/α,β-unsaturated/α-hetero) is 1. The van der Waals surface area contributed by atoms with Crippen molar-refractivity contribution in [3.63, 3.8) is 0 Å². The van der Waals surface area contributed by atoms with Crippen molar-refractivity contribution in [3.8, 4) is 11.8 Å². The van der Waals surface area contributed by atoms with E-state index in [1.165, 1.54) is 20.3 Å². The van der Waals surface area contributed by atoms with E-state index in [0.29, 0.717) is 0 Å². The first kappa shape index (κ1) is 16.0. The Balaban J connectivity index is 3.29. The Labute approximate surface area is 113 Å². The maximum absolute atomic E-state index is 12.8. The highest BCUT2D eigenvalue weighted by Crippen LogP contribution is 2.34. The number of carbonyl (C=O) groups excluding carboxylic acids is 1. The van der Waals surface area contributed by atoms with Crippen LogP contribution >= 0.6 is 0 Å². The molecule has 108 valence electrons. The van der Waals surface area contributed by atoms with Crippen LogP contribution in [0, 0.1) is 11.3 Å². The molecule has 0 aromatic heterocycles. The number of ketones is 1. The van der Waals surface area contributed by atoms with E-state index in [0.717, 1.165) is 12.1 Å². The van der Waals surface area contributed by atoms with E-state index < -0.39 is 23.4 Å². The van der Waals surface area contributed by atoms with Gasteiger partial charge in [-0.05, 0) is 23.8 Å². The van der Waals surface area contributed by atoms with Crippen molar-refractivity contribution in [2.75, 3.05) is 20.8 Å². The summed E-state index contributed by atoms with van der Waals surface area (Å²) in [6, 6.07) is 4.49. The van der Waals surface area contributed by atoms with E-state index in [1.807, 2.05) is 0 Å². The summed E-state index contributed by atoms with van der Waals surface area (Å²) in [6.45, 7) is -0.350. The molecule has 0 radical (unpaired) electrons. The summed E-state index contributed by atoms with van der Waals surface area (Å²) >= 11 is 0. The molecule has 4 nitrogen and oxygen atoms in total. The van der Waals surface area contributed by atoms with Crippen molar-refractivity contribution >= 4 is 5.78 Å². The summed E-state index contributed by atoms with van der Waals surface area (Å²) in [5.74, 6) is -2.01. The number of hydrogen-bond donors (Lipinski definition) is 0. The van der Waals surface area contributed by atoms with Gasteiger partial charge in [-0.2, -0.15) is 18.4 Å². The van der Waals surface area contributed by atoms with Crippen LogP contribution in [-0.2, 0) is 15.7 Å². The van der Waals surface area contributed by atoms with Crippen molar-refractivity contribution in [3.05, 3.63) is 29.3 Å². The number of ether oxygens (including phenoxy) is 2. The number of carbonyl (C=O) groups is 1. The lowest BCUT2D eigenvalue weighted by molar-refractivity contribution is -0.137. The first-order valence-electron chi connectivity index (χ1n) is 5.51. The number of rotatable bonds is 5. The van der Waals surface area contributed by atoms with Crippen LogP contribution in [0.2, 0.25) is 0 Å². The monoisotopic (exact) mass is 287 g/mol. The number of nitriles is 1. The number of nitrogens with zero attached hydrogens (tertiary/aromatic N) is 1. The molecular weight excluding hydrogens is 275 g/mol. The number of hydrogen-bond acceptors (Lipinski definition) is 4. The zero-order chi connectivity index (χ0) is 15.3. The topological polar surface area (TPSA) is 59.3 Å². The molecule has 0 aliphatic carbocycles. The fraction of sp³-hybridized carbons (Fsp3) is 0.385. The normalized spacial score (nSPS) is 12.6. The molecular formula is C13H12F3NO3. The van der Waals surface area contributed by atoms with E-state index in [9.17, 15) is 18.0 Å². The molecule has 1 aromatic carbocycles. The maximum atomic E-state index is 12.8. The SMILES string of the molecule is COCC(=O)C(C#N)c1cc(OC)cc(C(F)(F)F)c1. The maximum Gasteiger partial charge on any atom is 0.416 e. The molecule has 0 saturated heterocycles. The predicted molar refractivity (Wildman–Crippen MR) is 63.2 cm³/mol. The summed E-state index contributed by atoms with van der Waals surface area (Å²) < 4.78 is 47.6. The van der Waals surface area contributed by atoms with Crippen molar-refractivity contribution in [1.82, 2.24) is 0 Å². The van der Waals surface area contributed by atoms with Gasteiger partial charge < -0.3 is 9.47 Å². The van der Waals surface area contributed by atoms with E-state index in [1.54, 1.807) is 6.07 Å². The Morgan fingerprint density at radius 3 is 2.45 bits per heavy atom. The minimum atomic E-state index is -4.59. The van der Waals surface area contributed by atoms with Gasteiger partial charge in [-0.15, -0.1) is 0 Å². The zero-order valence-corrected chi connectivity index (χ0v) is 10.8. The molecule has 0 N–H and O–H groups in total. The molecule has 0 amide bonds. The summed E-state index contributed by atoms with van der Waals surface area (Å²) in [5, 5.41) is 8.99. The summed E-state index contributed by atoms with van der Waals surface area (Å²) in [6.07, 6.45) is -4.59. The van der Waals surface area contributed by atoms with Gasteiger partial charge in [0.2, 0.25) is 0 Å². The summed E-state index contributed by atoms with van der Waals surface area (Å²) in [7, 11) is 2.47. The molecule has 0 heterocycles. The van der Waals surface area contributed by atoms with Crippen LogP contribution in [0.4, 0.5) is 13.2 Å². The molecule has 0 fully saturated rings. The van der Waals surface area contributed by atoms with Gasteiger partial charge in [0.25, 0.3) is 0 Å². The second kappa shape index (κ2) is 6.39. The van der Waals surface area contributed by atoms with Crippen LogP contribution in [0.25, 0.3) is 0 Å². The second-order valence-electron chi connectivity index (χ2n) is 3.95. The smallest absolute Gasteiger partial charge is 0.416 e. The number of methoxy groups -OCH3 is 2. The Bertz CT molecular complexity index is 535. The number of benzene rings is 1. The van der Waals surface area contributed by atoms with Gasteiger partial charge in [0.1, 0.15) is 18.3 Å². The van der Waals surface area contributed by atoms with Gasteiger partial charge >= 0.3 is 6.18 Å². The zero-order valence-electron chi connectivity index (χ0n) is 10.8. The lowest BCUT2D eigenvalue weighted by atomic mass is 9.94. The average Bonchev–Trinajstić information content (AvgIpc) is 2.38. The molecule has 1 rings (SSSR count). The van der Waals surface area contributed by atoms with Crippen LogP contribution in [0.3, 0.4) is 0 Å². The molecule has 0 aliphatic rings. The van der Waals surface area contributed by atoms with E-state index >= 15 is 0 Å². The fourth-order valence-electron chi connectivity index (χ4n) is 1.63. The first-order chi connectivity index (χ1) is 9.33. The highest BCUT2D eigenvalue weighted by Gasteiger charge is 2.33. The number of alkyl halides is 3. The van der Waals surface area contributed by atoms with Crippen LogP contribution in [-0.4, -0.2) is 26.6 Å². The quantitative estimate of drug-likeness (QED) is 0.835. The van der Waals surface area contributed by atoms with Crippen LogP contribution in [0.1, 0.15) is 17.0 Å². The van der Waals surface area contributed by atoms with Gasteiger partial charge in [-0.3, -0.25) is 4.79 Å². The second-order valence-corrected chi connectivity index (χ2v) is 3.95. The lowest BCUT2D eigenvalue weighted by Crippen LogP contribution is -2.17. The van der Waals surface area contributed by atoms with Crippen LogP contribution < -0.4 is 4.74 Å². The van der Waals surface area contributed by atoms with Gasteiger partial charge in [0.05, 0.1) is 18.7 Å². The van der Waals surface area contributed by atoms with Crippen LogP contribution in [0.15, 0.2) is 18.2 Å². The van der Waals surface area contributed by atoms with Crippen molar-refractivity contribution in [2.45, 2.75) is 12.1 Å². The Morgan fingerprint density at radius 2 is 2.00 bits per heavy atom. The largest absolute Gasteiger partial charge is 0.497 e. The van der Waals surface area contributed by atoms with E-state index in [4.69, 9.17) is 10.00 Å². The van der Waals surface area contributed by atoms with E-state index in [2.05, 4.69) is 4.74 Å². The number of halogens is 3. The van der Waals surface area contributed by atoms with Crippen LogP contribution in [0.5, 0.6) is 5.75 Å². The highest BCUT2D eigenvalue weighted by atomic mass is 19.4. The molecule has 0 spiro atoms. The standard InChI is InChI=1S/C13H12F3NO3/c1-19-7-12(18)11(6-17)8-3-9(13(14,15)16)5-10(4-8)20-2/h3-5,11H,7H2,1-2H3. The molecule has 0 saturated carbocycles. The van der Waals surface area contributed by atoms with Crippen molar-refractivity contribution < 1.29 is 27.4 Å². The van der Waals surface area contributed by atoms with Gasteiger partial charge in [0.15, 0.2) is 5.78 Å². The van der Waals surface area contributed by atoms with Gasteiger partial charge in [-0.1, -0.05) is 0 Å². The van der Waals surface area contributed by atoms with Crippen molar-refractivity contribution in [1.29, 1.82) is 5.26 Å². The first-order valence-corrected chi connectivity index (χ1v) is 5.51. The molecule has 1 aromatic rings. The summed E-state index contributed by atoms with van der Waals surface area (Å²) in [4.78, 5) is 11.7. The fourth-order valence-corrected chi connectivity index (χ4v) is 1.63. The highest BCUT2D eigenvalue weighted by molar-refractivity contribution is 5.89. The Hall–Kier alpha value is -2.07. The molecule has 7 heteroatoms. The summed E-state index contributed by atoms with van der Waals surface area (Å²) in [5.41, 5.74) is -1.04. The Kier molecular flexibility index (Phi) is 5.11. The van der Waals surface area contributed by atoms with Gasteiger partial charge in [0, 0.05) is 7.11 Å². The van der Waals surface area contributed by atoms with Crippen molar-refractivity contribution in [2.24, 2.45) is 0 Å². The van der Waals surface area contributed by atoms with Gasteiger partial charge in [-0.25, -0.2) is 0 Å². The molecule has 0 aliphatic heterocycles.